The molecular formula is C22H20F3N5O4S. The number of rotatable bonds is 7. The number of pyridine rings is 2. The van der Waals surface area contributed by atoms with E-state index in [0.29, 0.717) is 17.2 Å². The first kappa shape index (κ1) is 23.3. The molecule has 0 bridgehead atoms. The van der Waals surface area contributed by atoms with Gasteiger partial charge in [-0.25, -0.2) is 23.4 Å². The van der Waals surface area contributed by atoms with E-state index in [1.54, 1.807) is 7.05 Å². The van der Waals surface area contributed by atoms with Crippen molar-refractivity contribution in [1.82, 2.24) is 24.7 Å². The number of sulfone groups is 1. The second-order valence-corrected chi connectivity index (χ2v) is 10.5. The Bertz CT molecular complexity index is 1520. The number of fused-ring (bicyclic) bond motifs is 1. The van der Waals surface area contributed by atoms with Crippen molar-refractivity contribution in [3.05, 3.63) is 47.7 Å². The Morgan fingerprint density at radius 2 is 1.94 bits per heavy atom. The Morgan fingerprint density at radius 1 is 1.17 bits per heavy atom. The molecule has 0 spiro atoms. The number of imidazole rings is 1. The van der Waals surface area contributed by atoms with E-state index in [9.17, 15) is 21.6 Å². The summed E-state index contributed by atoms with van der Waals surface area (Å²) in [4.78, 5) is 11.8. The highest BCUT2D eigenvalue weighted by atomic mass is 32.2. The van der Waals surface area contributed by atoms with E-state index < -0.39 is 21.7 Å². The molecule has 0 unspecified atom stereocenters. The Labute approximate surface area is 197 Å². The molecule has 9 nitrogen and oxygen atoms in total. The minimum Gasteiger partial charge on any atom is -0.484 e. The lowest BCUT2D eigenvalue weighted by Crippen LogP contribution is -2.09. The van der Waals surface area contributed by atoms with Gasteiger partial charge in [0.05, 0.1) is 34.9 Å². The molecule has 4 aromatic rings. The first-order valence-electron chi connectivity index (χ1n) is 10.8. The summed E-state index contributed by atoms with van der Waals surface area (Å²) in [6, 6.07) is 3.96. The van der Waals surface area contributed by atoms with Crippen molar-refractivity contribution in [3.8, 4) is 17.3 Å². The van der Waals surface area contributed by atoms with Crippen LogP contribution in [0, 0.1) is 0 Å². The monoisotopic (exact) mass is 507 g/mol. The van der Waals surface area contributed by atoms with E-state index >= 15 is 0 Å². The molecule has 184 valence electrons. The van der Waals surface area contributed by atoms with Crippen LogP contribution in [-0.2, 0) is 29.7 Å². The van der Waals surface area contributed by atoms with Crippen molar-refractivity contribution in [3.63, 3.8) is 0 Å². The number of halogens is 3. The van der Waals surface area contributed by atoms with E-state index in [1.807, 2.05) is 6.07 Å². The lowest BCUT2D eigenvalue weighted by Gasteiger charge is -2.11. The average molecular weight is 507 g/mol. The molecule has 1 saturated carbocycles. The molecule has 4 heterocycles. The van der Waals surface area contributed by atoms with E-state index in [4.69, 9.17) is 9.26 Å². The maximum Gasteiger partial charge on any atom is 0.433 e. The molecule has 0 atom stereocenters. The van der Waals surface area contributed by atoms with Crippen molar-refractivity contribution < 1.29 is 30.8 Å². The number of aryl methyl sites for hydroxylation is 1. The molecule has 4 aromatic heterocycles. The van der Waals surface area contributed by atoms with Crippen LogP contribution < -0.4 is 4.74 Å². The Hall–Kier alpha value is -3.48. The van der Waals surface area contributed by atoms with Crippen molar-refractivity contribution in [1.29, 1.82) is 0 Å². The van der Waals surface area contributed by atoms with Gasteiger partial charge in [0.15, 0.2) is 21.4 Å². The number of hydrogen-bond donors (Lipinski definition) is 0. The van der Waals surface area contributed by atoms with Gasteiger partial charge in [-0.15, -0.1) is 0 Å². The second-order valence-electron chi connectivity index (χ2n) is 8.25. The Balaban J connectivity index is 1.51. The van der Waals surface area contributed by atoms with Crippen LogP contribution in [0.5, 0.6) is 5.75 Å². The topological polar surface area (TPSA) is 113 Å². The summed E-state index contributed by atoms with van der Waals surface area (Å²) in [5, 5.41) is 4.01. The Kier molecular flexibility index (Phi) is 5.54. The molecule has 1 fully saturated rings. The molecule has 1 aliphatic carbocycles. The quantitative estimate of drug-likeness (QED) is 0.364. The Morgan fingerprint density at radius 3 is 2.63 bits per heavy atom. The fraction of sp³-hybridized carbons (Fsp3) is 0.364. The maximum absolute atomic E-state index is 13.1. The van der Waals surface area contributed by atoms with Gasteiger partial charge >= 0.3 is 6.18 Å². The molecule has 35 heavy (non-hydrogen) atoms. The summed E-state index contributed by atoms with van der Waals surface area (Å²) in [7, 11) is -2.24. The normalized spacial score (nSPS) is 14.5. The highest BCUT2D eigenvalue weighted by Crippen LogP contribution is 2.39. The van der Waals surface area contributed by atoms with Crippen molar-refractivity contribution in [2.45, 2.75) is 43.4 Å². The van der Waals surface area contributed by atoms with E-state index in [1.165, 1.54) is 23.8 Å². The summed E-state index contributed by atoms with van der Waals surface area (Å²) < 4.78 is 77.5. The van der Waals surface area contributed by atoms with Crippen LogP contribution in [0.3, 0.4) is 0 Å². The lowest BCUT2D eigenvalue weighted by atomic mass is 10.3. The lowest BCUT2D eigenvalue weighted by molar-refractivity contribution is -0.141. The molecule has 0 radical (unpaired) electrons. The van der Waals surface area contributed by atoms with Crippen LogP contribution in [-0.4, -0.2) is 38.8 Å². The first-order valence-corrected chi connectivity index (χ1v) is 12.4. The summed E-state index contributed by atoms with van der Waals surface area (Å²) in [5.74, 6) is 0.973. The fourth-order valence-electron chi connectivity index (χ4n) is 3.64. The van der Waals surface area contributed by atoms with Gasteiger partial charge in [0.1, 0.15) is 28.6 Å². The number of ether oxygens (including phenoxy) is 1. The maximum atomic E-state index is 13.1. The van der Waals surface area contributed by atoms with Crippen LogP contribution in [0.25, 0.3) is 22.6 Å². The van der Waals surface area contributed by atoms with Gasteiger partial charge < -0.3 is 13.8 Å². The minimum atomic E-state index is -4.64. The van der Waals surface area contributed by atoms with Gasteiger partial charge in [-0.1, -0.05) is 12.1 Å². The number of nitrogens with zero attached hydrogens (tertiary/aromatic N) is 5. The second kappa shape index (κ2) is 8.33. The molecule has 5 rings (SSSR count). The van der Waals surface area contributed by atoms with Gasteiger partial charge in [-0.2, -0.15) is 13.2 Å². The smallest absolute Gasteiger partial charge is 0.433 e. The summed E-state index contributed by atoms with van der Waals surface area (Å²) >= 11 is 0. The third-order valence-electron chi connectivity index (χ3n) is 5.77. The highest BCUT2D eigenvalue weighted by molar-refractivity contribution is 7.91. The zero-order chi connectivity index (χ0) is 25.0. The number of alkyl halides is 3. The summed E-state index contributed by atoms with van der Waals surface area (Å²) in [6.07, 6.45) is -0.102. The first-order chi connectivity index (χ1) is 16.6. The van der Waals surface area contributed by atoms with E-state index in [-0.39, 0.29) is 40.0 Å². The van der Waals surface area contributed by atoms with Crippen LogP contribution in [0.2, 0.25) is 0 Å². The molecule has 13 heteroatoms. The third kappa shape index (κ3) is 4.47. The van der Waals surface area contributed by atoms with E-state index in [0.717, 1.165) is 30.8 Å². The minimum absolute atomic E-state index is 0.00198. The van der Waals surface area contributed by atoms with Crippen molar-refractivity contribution in [2.75, 3.05) is 5.75 Å². The van der Waals surface area contributed by atoms with Gasteiger partial charge in [0, 0.05) is 25.1 Å². The molecular weight excluding hydrogens is 487 g/mol. The van der Waals surface area contributed by atoms with Gasteiger partial charge in [0.25, 0.3) is 0 Å². The fourth-order valence-corrected chi connectivity index (χ4v) is 4.69. The van der Waals surface area contributed by atoms with E-state index in [2.05, 4.69) is 20.1 Å². The van der Waals surface area contributed by atoms with Crippen LogP contribution in [0.1, 0.15) is 42.8 Å². The molecule has 0 aromatic carbocycles. The molecule has 0 saturated heterocycles. The molecule has 0 N–H and O–H groups in total. The third-order valence-corrected chi connectivity index (χ3v) is 7.51. The number of hydrogen-bond acceptors (Lipinski definition) is 8. The standard InChI is InChI=1S/C22H20F3N5O4S/c1-3-35(31,32)18-7-13(33-11-14-6-15(29-34-14)12-4-5-12)9-27-20(18)21-28-16-8-19(22(23,24)25)26-10-17(16)30(21)2/h6-10,12H,3-5,11H2,1-2H3. The molecule has 0 amide bonds. The highest BCUT2D eigenvalue weighted by Gasteiger charge is 2.33. The van der Waals surface area contributed by atoms with Gasteiger partial charge in [0.2, 0.25) is 0 Å². The van der Waals surface area contributed by atoms with Crippen LogP contribution >= 0.6 is 0 Å². The summed E-state index contributed by atoms with van der Waals surface area (Å²) in [6.45, 7) is 1.51. The largest absolute Gasteiger partial charge is 0.484 e. The van der Waals surface area contributed by atoms with Crippen LogP contribution in [0.4, 0.5) is 13.2 Å². The van der Waals surface area contributed by atoms with Crippen molar-refractivity contribution in [2.24, 2.45) is 7.05 Å². The predicted molar refractivity (Wildman–Crippen MR) is 117 cm³/mol. The molecule has 0 aliphatic heterocycles. The zero-order valence-electron chi connectivity index (χ0n) is 18.7. The summed E-state index contributed by atoms with van der Waals surface area (Å²) in [5.41, 5.74) is 0.0962. The molecule has 1 aliphatic rings. The van der Waals surface area contributed by atoms with Crippen molar-refractivity contribution >= 4 is 20.9 Å². The van der Waals surface area contributed by atoms with Gasteiger partial charge in [-0.3, -0.25) is 0 Å². The van der Waals surface area contributed by atoms with Crippen LogP contribution in [0.15, 0.2) is 40.0 Å². The number of aromatic nitrogens is 5. The average Bonchev–Trinajstić information content (AvgIpc) is 3.48. The SMILES string of the molecule is CCS(=O)(=O)c1cc(OCc2cc(C3CC3)no2)cnc1-c1nc2cc(C(F)(F)F)ncc2n1C. The van der Waals surface area contributed by atoms with Gasteiger partial charge in [-0.05, 0) is 18.9 Å². The zero-order valence-corrected chi connectivity index (χ0v) is 19.5. The predicted octanol–water partition coefficient (Wildman–Crippen LogP) is 4.29.